The molecule has 0 aliphatic carbocycles. The van der Waals surface area contributed by atoms with Crippen LogP contribution in [0, 0.1) is 20.8 Å². The van der Waals surface area contributed by atoms with Crippen molar-refractivity contribution in [2.24, 2.45) is 0 Å². The molecule has 0 radical (unpaired) electrons. The number of nitrogens with one attached hydrogen (secondary N) is 1. The lowest BCUT2D eigenvalue weighted by atomic mass is 10.3. The molecule has 9 nitrogen and oxygen atoms in total. The van der Waals surface area contributed by atoms with Crippen LogP contribution in [0.3, 0.4) is 0 Å². The molecule has 0 aromatic carbocycles. The first-order chi connectivity index (χ1) is 14.3. The smallest absolute Gasteiger partial charge is 0.262 e. The summed E-state index contributed by atoms with van der Waals surface area (Å²) in [6.45, 7) is 7.44. The number of carbonyl (C=O) groups excluding carboxylic acids is 1. The lowest BCUT2D eigenvalue weighted by molar-refractivity contribution is -0.116. The number of fused-ring (bicyclic) bond motifs is 1. The first kappa shape index (κ1) is 19.9. The first-order valence-electron chi connectivity index (χ1n) is 9.51. The second kappa shape index (κ2) is 7.79. The molecule has 0 bridgehead atoms. The third kappa shape index (κ3) is 3.86. The van der Waals surface area contributed by atoms with E-state index in [2.05, 4.69) is 25.4 Å². The molecule has 4 heterocycles. The molecule has 10 heteroatoms. The molecule has 4 rings (SSSR count). The van der Waals surface area contributed by atoms with Gasteiger partial charge in [-0.2, -0.15) is 9.78 Å². The molecule has 0 aliphatic rings. The van der Waals surface area contributed by atoms with Crippen LogP contribution in [0.4, 0.5) is 5.82 Å². The molecule has 154 valence electrons. The number of rotatable bonds is 5. The molecule has 0 spiro atoms. The van der Waals surface area contributed by atoms with Crippen molar-refractivity contribution >= 4 is 33.3 Å². The lowest BCUT2D eigenvalue weighted by Gasteiger charge is -2.09. The number of carbonyl (C=O) groups is 1. The van der Waals surface area contributed by atoms with Gasteiger partial charge in [-0.3, -0.25) is 14.2 Å². The highest BCUT2D eigenvalue weighted by atomic mass is 32.1. The fourth-order valence-electron chi connectivity index (χ4n) is 3.18. The minimum atomic E-state index is -0.366. The van der Waals surface area contributed by atoms with E-state index in [1.165, 1.54) is 26.9 Å². The number of amides is 1. The maximum Gasteiger partial charge on any atom is 0.262 e. The van der Waals surface area contributed by atoms with Gasteiger partial charge in [0.15, 0.2) is 0 Å². The Hall–Kier alpha value is -3.40. The summed E-state index contributed by atoms with van der Waals surface area (Å²) in [6, 6.07) is 5.44. The van der Waals surface area contributed by atoms with Crippen molar-refractivity contribution in [3.05, 3.63) is 56.8 Å². The second-order valence-electron chi connectivity index (χ2n) is 7.04. The summed E-state index contributed by atoms with van der Waals surface area (Å²) in [4.78, 5) is 40.3. The molecule has 1 N–H and O–H groups in total. The first-order valence-corrected chi connectivity index (χ1v) is 10.3. The highest BCUT2D eigenvalue weighted by molar-refractivity contribution is 7.18. The SMILES string of the molecule is CCc1cc2c(=O)n(CC(=O)Nc3cc(C)nn3-c3nc(C)cc(C)n3)cnc2s1. The zero-order valence-electron chi connectivity index (χ0n) is 17.1. The van der Waals surface area contributed by atoms with Crippen molar-refractivity contribution in [2.45, 2.75) is 40.7 Å². The van der Waals surface area contributed by atoms with Gasteiger partial charge in [0, 0.05) is 22.3 Å². The molecule has 4 aromatic rings. The molecular formula is C20H21N7O2S. The van der Waals surface area contributed by atoms with Crippen LogP contribution in [0.25, 0.3) is 16.2 Å². The quantitative estimate of drug-likeness (QED) is 0.529. The number of hydrogen-bond donors (Lipinski definition) is 1. The minimum absolute atomic E-state index is 0.156. The predicted molar refractivity (Wildman–Crippen MR) is 115 cm³/mol. The van der Waals surface area contributed by atoms with Crippen LogP contribution >= 0.6 is 11.3 Å². The number of aromatic nitrogens is 6. The van der Waals surface area contributed by atoms with Crippen LogP contribution < -0.4 is 10.9 Å². The monoisotopic (exact) mass is 423 g/mol. The van der Waals surface area contributed by atoms with Gasteiger partial charge in [0.05, 0.1) is 17.4 Å². The number of anilines is 1. The van der Waals surface area contributed by atoms with Gasteiger partial charge < -0.3 is 5.32 Å². The van der Waals surface area contributed by atoms with E-state index in [4.69, 9.17) is 0 Å². The zero-order chi connectivity index (χ0) is 21.4. The van der Waals surface area contributed by atoms with Gasteiger partial charge in [0.25, 0.3) is 11.5 Å². The van der Waals surface area contributed by atoms with Crippen LogP contribution in [0.15, 0.2) is 29.3 Å². The molecule has 30 heavy (non-hydrogen) atoms. The van der Waals surface area contributed by atoms with Gasteiger partial charge in [-0.05, 0) is 39.3 Å². The van der Waals surface area contributed by atoms with Crippen LogP contribution in [0.2, 0.25) is 0 Å². The second-order valence-corrected chi connectivity index (χ2v) is 8.16. The van der Waals surface area contributed by atoms with Gasteiger partial charge in [0.1, 0.15) is 17.2 Å². The standard InChI is InChI=1S/C20H21N7O2S/c1-5-14-8-15-18(30-14)21-10-26(19(15)29)9-17(28)24-16-7-13(4)25-27(16)20-22-11(2)6-12(3)23-20/h6-8,10H,5,9H2,1-4H3,(H,24,28). The maximum absolute atomic E-state index is 12.7. The molecule has 4 aromatic heterocycles. The normalized spacial score (nSPS) is 11.2. The predicted octanol–water partition coefficient (Wildman–Crippen LogP) is 2.56. The van der Waals surface area contributed by atoms with Crippen molar-refractivity contribution in [1.29, 1.82) is 0 Å². The van der Waals surface area contributed by atoms with Crippen molar-refractivity contribution in [3.63, 3.8) is 0 Å². The molecule has 0 atom stereocenters. The van der Waals surface area contributed by atoms with E-state index in [0.717, 1.165) is 22.7 Å². The van der Waals surface area contributed by atoms with Gasteiger partial charge in [-0.25, -0.2) is 15.0 Å². The molecule has 0 saturated heterocycles. The van der Waals surface area contributed by atoms with E-state index >= 15 is 0 Å². The summed E-state index contributed by atoms with van der Waals surface area (Å²) in [5, 5.41) is 7.74. The van der Waals surface area contributed by atoms with Crippen LogP contribution in [-0.2, 0) is 17.8 Å². The number of nitrogens with zero attached hydrogens (tertiary/aromatic N) is 6. The maximum atomic E-state index is 12.7. The summed E-state index contributed by atoms with van der Waals surface area (Å²) in [5.74, 6) is 0.449. The highest BCUT2D eigenvalue weighted by Gasteiger charge is 2.15. The molecule has 0 saturated carbocycles. The largest absolute Gasteiger partial charge is 0.309 e. The van der Waals surface area contributed by atoms with E-state index in [9.17, 15) is 9.59 Å². The Labute approximate surface area is 176 Å². The van der Waals surface area contributed by atoms with E-state index in [0.29, 0.717) is 27.7 Å². The fraction of sp³-hybridized carbons (Fsp3) is 0.300. The van der Waals surface area contributed by atoms with Crippen molar-refractivity contribution in [3.8, 4) is 5.95 Å². The fourth-order valence-corrected chi connectivity index (χ4v) is 4.10. The summed E-state index contributed by atoms with van der Waals surface area (Å²) in [7, 11) is 0. The van der Waals surface area contributed by atoms with E-state index in [1.54, 1.807) is 6.07 Å². The Balaban J connectivity index is 1.60. The van der Waals surface area contributed by atoms with E-state index < -0.39 is 0 Å². The zero-order valence-corrected chi connectivity index (χ0v) is 17.9. The Morgan fingerprint density at radius 1 is 1.10 bits per heavy atom. The molecule has 0 aliphatic heterocycles. The van der Waals surface area contributed by atoms with Crippen LogP contribution in [0.5, 0.6) is 0 Å². The van der Waals surface area contributed by atoms with Crippen molar-refractivity contribution in [2.75, 3.05) is 5.32 Å². The minimum Gasteiger partial charge on any atom is -0.309 e. The lowest BCUT2D eigenvalue weighted by Crippen LogP contribution is -2.28. The Morgan fingerprint density at radius 3 is 2.53 bits per heavy atom. The Kier molecular flexibility index (Phi) is 5.17. The van der Waals surface area contributed by atoms with E-state index in [-0.39, 0.29) is 18.0 Å². The summed E-state index contributed by atoms with van der Waals surface area (Å²) in [6.07, 6.45) is 2.25. The van der Waals surface area contributed by atoms with Crippen molar-refractivity contribution in [1.82, 2.24) is 29.3 Å². The summed E-state index contributed by atoms with van der Waals surface area (Å²) in [5.41, 5.74) is 2.08. The Bertz CT molecular complexity index is 1300. The van der Waals surface area contributed by atoms with E-state index in [1.807, 2.05) is 39.8 Å². The third-order valence-electron chi connectivity index (χ3n) is 4.49. The molecule has 0 fully saturated rings. The van der Waals surface area contributed by atoms with Crippen LogP contribution in [0.1, 0.15) is 28.9 Å². The highest BCUT2D eigenvalue weighted by Crippen LogP contribution is 2.21. The molecular weight excluding hydrogens is 402 g/mol. The number of hydrogen-bond acceptors (Lipinski definition) is 7. The average Bonchev–Trinajstić information content (AvgIpc) is 3.27. The third-order valence-corrected chi connectivity index (χ3v) is 5.68. The van der Waals surface area contributed by atoms with Gasteiger partial charge >= 0.3 is 0 Å². The van der Waals surface area contributed by atoms with Gasteiger partial charge in [-0.1, -0.05) is 6.92 Å². The Morgan fingerprint density at radius 2 is 1.83 bits per heavy atom. The van der Waals surface area contributed by atoms with Gasteiger partial charge in [0.2, 0.25) is 5.91 Å². The average molecular weight is 424 g/mol. The summed E-state index contributed by atoms with van der Waals surface area (Å²) >= 11 is 1.50. The topological polar surface area (TPSA) is 108 Å². The summed E-state index contributed by atoms with van der Waals surface area (Å²) < 4.78 is 2.80. The molecule has 1 amide bonds. The molecule has 0 unspecified atom stereocenters. The van der Waals surface area contributed by atoms with Crippen LogP contribution in [-0.4, -0.2) is 35.2 Å². The number of thiophene rings is 1. The van der Waals surface area contributed by atoms with Crippen molar-refractivity contribution < 1.29 is 4.79 Å². The van der Waals surface area contributed by atoms with Gasteiger partial charge in [-0.15, -0.1) is 11.3 Å². The number of aryl methyl sites for hydroxylation is 4.